The van der Waals surface area contributed by atoms with Crippen LogP contribution in [0.2, 0.25) is 32.2 Å². The smallest absolute Gasteiger partial charge is 0.216 e. The van der Waals surface area contributed by atoms with E-state index in [-0.39, 0.29) is 5.91 Å². The van der Waals surface area contributed by atoms with Gasteiger partial charge in [-0.1, -0.05) is 18.7 Å². The van der Waals surface area contributed by atoms with E-state index in [0.717, 1.165) is 48.1 Å². The van der Waals surface area contributed by atoms with Crippen molar-refractivity contribution in [1.82, 2.24) is 15.3 Å². The van der Waals surface area contributed by atoms with Gasteiger partial charge in [0.1, 0.15) is 0 Å². The summed E-state index contributed by atoms with van der Waals surface area (Å²) in [7, 11) is -3.62. The number of rotatable bonds is 19. The Labute approximate surface area is 206 Å². The molecule has 0 atom stereocenters. The topological polar surface area (TPSA) is 91.8 Å². The predicted molar refractivity (Wildman–Crippen MR) is 138 cm³/mol. The molecule has 0 saturated carbocycles. The van der Waals surface area contributed by atoms with Crippen molar-refractivity contribution in [2.75, 3.05) is 45.0 Å². The largest absolute Gasteiger partial charge is 0.455 e. The second-order valence-electron chi connectivity index (χ2n) is 9.15. The number of thioether (sulfide) groups is 1. The van der Waals surface area contributed by atoms with E-state index in [1.54, 1.807) is 18.7 Å². The van der Waals surface area contributed by atoms with Crippen LogP contribution in [0, 0.1) is 0 Å². The third-order valence-corrected chi connectivity index (χ3v) is 14.3. The highest BCUT2D eigenvalue weighted by molar-refractivity contribution is 8.00. The normalized spacial score (nSPS) is 12.2. The van der Waals surface area contributed by atoms with E-state index in [4.69, 9.17) is 18.3 Å². The van der Waals surface area contributed by atoms with Crippen molar-refractivity contribution < 1.29 is 23.1 Å². The highest BCUT2D eigenvalue weighted by Crippen LogP contribution is 2.25. The summed E-state index contributed by atoms with van der Waals surface area (Å²) in [6.07, 6.45) is 5.64. The number of ether oxygens (including phenoxy) is 3. The Morgan fingerprint density at radius 3 is 2.18 bits per heavy atom. The molecule has 33 heavy (non-hydrogen) atoms. The van der Waals surface area contributed by atoms with Crippen LogP contribution in [-0.2, 0) is 29.7 Å². The Hall–Kier alpha value is -0.826. The molecule has 0 aliphatic rings. The van der Waals surface area contributed by atoms with Crippen molar-refractivity contribution in [2.45, 2.75) is 70.7 Å². The van der Waals surface area contributed by atoms with Gasteiger partial charge < -0.3 is 23.6 Å². The lowest BCUT2D eigenvalue weighted by Crippen LogP contribution is -2.46. The standard InChI is InChI=1S/C22H43N3O5SSi2/c1-7-10-27-11-12-28-13-14-29-18-21-16-24-22(25-17-21)31-19-33(5,6)30-32(3,4)15-8-9-23-20(2)26/h16-17H,7-15,18-19H2,1-6H3,(H,23,26). The van der Waals surface area contributed by atoms with Gasteiger partial charge >= 0.3 is 0 Å². The molecule has 1 aromatic rings. The first-order chi connectivity index (χ1) is 15.6. The minimum Gasteiger partial charge on any atom is -0.455 e. The van der Waals surface area contributed by atoms with Crippen molar-refractivity contribution in [2.24, 2.45) is 0 Å². The number of hydrogen-bond acceptors (Lipinski definition) is 8. The zero-order valence-corrected chi connectivity index (χ0v) is 24.1. The van der Waals surface area contributed by atoms with Gasteiger partial charge in [-0.2, -0.15) is 0 Å². The fourth-order valence-electron chi connectivity index (χ4n) is 3.11. The molecule has 0 fully saturated rings. The Kier molecular flexibility index (Phi) is 15.3. The lowest BCUT2D eigenvalue weighted by molar-refractivity contribution is -0.118. The minimum absolute atomic E-state index is 0.0248. The number of aromatic nitrogens is 2. The number of amides is 1. The van der Waals surface area contributed by atoms with E-state index in [9.17, 15) is 4.79 Å². The van der Waals surface area contributed by atoms with Crippen molar-refractivity contribution in [3.05, 3.63) is 18.0 Å². The van der Waals surface area contributed by atoms with Gasteiger partial charge in [-0.15, -0.1) is 0 Å². The average molecular weight is 518 g/mol. The molecule has 0 bridgehead atoms. The maximum Gasteiger partial charge on any atom is 0.216 e. The van der Waals surface area contributed by atoms with E-state index < -0.39 is 16.6 Å². The van der Waals surface area contributed by atoms with Gasteiger partial charge in [-0.3, -0.25) is 4.79 Å². The quantitative estimate of drug-likeness (QED) is 0.127. The van der Waals surface area contributed by atoms with Crippen LogP contribution in [0.25, 0.3) is 0 Å². The summed E-state index contributed by atoms with van der Waals surface area (Å²) in [6.45, 7) is 17.0. The summed E-state index contributed by atoms with van der Waals surface area (Å²) in [5, 5.41) is 4.53. The summed E-state index contributed by atoms with van der Waals surface area (Å²) in [4.78, 5) is 20.0. The molecular formula is C22H43N3O5SSi2. The van der Waals surface area contributed by atoms with Gasteiger partial charge in [0.25, 0.3) is 0 Å². The number of nitrogens with zero attached hydrogens (tertiary/aromatic N) is 2. The molecule has 0 aliphatic carbocycles. The highest BCUT2D eigenvalue weighted by atomic mass is 32.2. The Bertz CT molecular complexity index is 666. The van der Waals surface area contributed by atoms with Crippen molar-refractivity contribution in [3.8, 4) is 0 Å². The van der Waals surface area contributed by atoms with Gasteiger partial charge in [0.15, 0.2) is 21.8 Å². The van der Waals surface area contributed by atoms with Crippen molar-refractivity contribution in [3.63, 3.8) is 0 Å². The molecule has 0 radical (unpaired) electrons. The Balaban J connectivity index is 2.25. The summed E-state index contributed by atoms with van der Waals surface area (Å²) >= 11 is 1.66. The average Bonchev–Trinajstić information content (AvgIpc) is 2.74. The monoisotopic (exact) mass is 517 g/mol. The molecule has 1 aromatic heterocycles. The Morgan fingerprint density at radius 1 is 0.970 bits per heavy atom. The fourth-order valence-corrected chi connectivity index (χ4v) is 13.5. The molecule has 1 heterocycles. The molecule has 1 amide bonds. The third-order valence-electron chi connectivity index (χ3n) is 4.47. The molecule has 8 nitrogen and oxygen atoms in total. The molecule has 0 aliphatic heterocycles. The number of hydrogen-bond donors (Lipinski definition) is 1. The molecule has 0 aromatic carbocycles. The molecule has 0 unspecified atom stereocenters. The third kappa shape index (κ3) is 16.4. The SMILES string of the molecule is CCCOCCOCCOCc1cnc(SC[Si](C)(C)O[Si](C)(C)CCCNC(C)=O)nc1. The molecule has 0 spiro atoms. The summed E-state index contributed by atoms with van der Waals surface area (Å²) in [6, 6.07) is 1.04. The fraction of sp³-hybridized carbons (Fsp3) is 0.773. The molecule has 1 rings (SSSR count). The van der Waals surface area contributed by atoms with Crippen LogP contribution in [0.5, 0.6) is 0 Å². The number of carbonyl (C=O) groups excluding carboxylic acids is 1. The van der Waals surface area contributed by atoms with Crippen LogP contribution in [-0.4, -0.2) is 77.5 Å². The maximum absolute atomic E-state index is 11.0. The summed E-state index contributed by atoms with van der Waals surface area (Å²) < 4.78 is 23.1. The zero-order chi connectivity index (χ0) is 24.6. The van der Waals surface area contributed by atoms with Crippen LogP contribution < -0.4 is 5.32 Å². The van der Waals surface area contributed by atoms with E-state index in [1.165, 1.54) is 0 Å². The number of nitrogens with one attached hydrogen (secondary N) is 1. The predicted octanol–water partition coefficient (Wildman–Crippen LogP) is 4.02. The Morgan fingerprint density at radius 2 is 1.58 bits per heavy atom. The lowest BCUT2D eigenvalue weighted by Gasteiger charge is -2.33. The summed E-state index contributed by atoms with van der Waals surface area (Å²) in [5.74, 6) is 0.0248. The van der Waals surface area contributed by atoms with Gasteiger partial charge in [-0.05, 0) is 45.1 Å². The van der Waals surface area contributed by atoms with Gasteiger partial charge in [0.05, 0.1) is 33.0 Å². The first kappa shape index (κ1) is 30.2. The maximum atomic E-state index is 11.0. The second-order valence-corrected chi connectivity index (χ2v) is 19.3. The van der Waals surface area contributed by atoms with E-state index in [0.29, 0.717) is 33.0 Å². The molecule has 11 heteroatoms. The van der Waals surface area contributed by atoms with Crippen molar-refractivity contribution >= 4 is 34.3 Å². The van der Waals surface area contributed by atoms with Gasteiger partial charge in [0, 0.05) is 43.4 Å². The van der Waals surface area contributed by atoms with Crippen LogP contribution in [0.15, 0.2) is 17.6 Å². The van der Waals surface area contributed by atoms with Crippen molar-refractivity contribution in [1.29, 1.82) is 0 Å². The van der Waals surface area contributed by atoms with Crippen LogP contribution in [0.3, 0.4) is 0 Å². The van der Waals surface area contributed by atoms with E-state index >= 15 is 0 Å². The van der Waals surface area contributed by atoms with Crippen LogP contribution >= 0.6 is 11.8 Å². The molecule has 0 saturated heterocycles. The first-order valence-corrected chi connectivity index (χ1v) is 19.0. The molecule has 1 N–H and O–H groups in total. The van der Waals surface area contributed by atoms with E-state index in [2.05, 4.69) is 48.4 Å². The van der Waals surface area contributed by atoms with Crippen LogP contribution in [0.4, 0.5) is 0 Å². The lowest BCUT2D eigenvalue weighted by atomic mass is 10.4. The zero-order valence-electron chi connectivity index (χ0n) is 21.3. The molecule has 190 valence electrons. The van der Waals surface area contributed by atoms with Crippen LogP contribution in [0.1, 0.15) is 32.3 Å². The van der Waals surface area contributed by atoms with Gasteiger partial charge in [0.2, 0.25) is 5.91 Å². The molecular weight excluding hydrogens is 474 g/mol. The minimum atomic E-state index is -1.85. The first-order valence-electron chi connectivity index (χ1n) is 11.7. The second kappa shape index (κ2) is 16.7. The van der Waals surface area contributed by atoms with E-state index in [1.807, 2.05) is 12.4 Å². The summed E-state index contributed by atoms with van der Waals surface area (Å²) in [5.41, 5.74) is 0.950. The van der Waals surface area contributed by atoms with Gasteiger partial charge in [-0.25, -0.2) is 9.97 Å². The highest BCUT2D eigenvalue weighted by Gasteiger charge is 2.33. The number of carbonyl (C=O) groups is 1.